The van der Waals surface area contributed by atoms with Gasteiger partial charge in [0.25, 0.3) is 0 Å². The van der Waals surface area contributed by atoms with E-state index < -0.39 is 36.5 Å². The average molecular weight is 490 g/mol. The van der Waals surface area contributed by atoms with E-state index in [2.05, 4.69) is 40.9 Å². The maximum Gasteiger partial charge on any atom is 0.433 e. The molecule has 3 aromatic rings. The summed E-state index contributed by atoms with van der Waals surface area (Å²) in [4.78, 5) is 18.5. The second-order valence-corrected chi connectivity index (χ2v) is 6.61. The Labute approximate surface area is 187 Å². The quantitative estimate of drug-likeness (QED) is 0.299. The number of aliphatic hydroxyl groups excluding tert-OH is 2. The minimum absolute atomic E-state index is 0.0852. The number of pyridine rings is 2. The van der Waals surface area contributed by atoms with E-state index in [1.54, 1.807) is 0 Å². The Morgan fingerprint density at radius 3 is 2.12 bits per heavy atom. The van der Waals surface area contributed by atoms with Gasteiger partial charge in [-0.3, -0.25) is 4.98 Å². The van der Waals surface area contributed by atoms with Crippen molar-refractivity contribution in [3.63, 3.8) is 0 Å². The average Bonchev–Trinajstić information content (AvgIpc) is 2.76. The highest BCUT2D eigenvalue weighted by atomic mass is 19.4. The lowest BCUT2D eigenvalue weighted by Crippen LogP contribution is -2.24. The zero-order valence-electron chi connectivity index (χ0n) is 16.9. The summed E-state index contributed by atoms with van der Waals surface area (Å²) in [5.74, 6) is -1.07. The van der Waals surface area contributed by atoms with Crippen molar-refractivity contribution in [1.82, 2.24) is 24.9 Å². The molecule has 0 bridgehead atoms. The largest absolute Gasteiger partial charge is 0.433 e. The number of halogens is 6. The number of aromatic nitrogens is 5. The fraction of sp³-hybridized carbons (Fsp3) is 0.278. The molecule has 3 heterocycles. The molecule has 0 aliphatic carbocycles. The first-order valence-corrected chi connectivity index (χ1v) is 9.34. The second-order valence-electron chi connectivity index (χ2n) is 6.61. The van der Waals surface area contributed by atoms with Gasteiger partial charge < -0.3 is 26.2 Å². The van der Waals surface area contributed by atoms with Gasteiger partial charge in [0.1, 0.15) is 17.2 Å². The number of alkyl halides is 6. The van der Waals surface area contributed by atoms with Crippen LogP contribution in [0.1, 0.15) is 11.4 Å². The Morgan fingerprint density at radius 1 is 0.824 bits per heavy atom. The Morgan fingerprint density at radius 2 is 1.47 bits per heavy atom. The molecule has 0 spiro atoms. The summed E-state index contributed by atoms with van der Waals surface area (Å²) in [6, 6.07) is 4.99. The smallest absolute Gasteiger partial charge is 0.394 e. The van der Waals surface area contributed by atoms with Gasteiger partial charge in [-0.2, -0.15) is 41.3 Å². The molecule has 3 aromatic heterocycles. The molecule has 0 aliphatic heterocycles. The Bertz CT molecular complexity index is 1050. The summed E-state index contributed by atoms with van der Waals surface area (Å²) in [6.07, 6.45) is -9.68. The maximum atomic E-state index is 12.9. The van der Waals surface area contributed by atoms with Crippen LogP contribution in [0.4, 0.5) is 55.7 Å². The molecule has 0 saturated carbocycles. The number of nitrogens with zero attached hydrogens (tertiary/aromatic N) is 5. The Hall–Kier alpha value is -3.79. The summed E-state index contributed by atoms with van der Waals surface area (Å²) in [7, 11) is 0. The molecule has 0 radical (unpaired) electrons. The van der Waals surface area contributed by atoms with Gasteiger partial charge in [-0.05, 0) is 24.3 Å². The topological polar surface area (TPSA) is 141 Å². The monoisotopic (exact) mass is 490 g/mol. The third-order valence-electron chi connectivity index (χ3n) is 3.93. The minimum Gasteiger partial charge on any atom is -0.394 e. The van der Waals surface area contributed by atoms with Crippen LogP contribution in [0.2, 0.25) is 0 Å². The summed E-state index contributed by atoms with van der Waals surface area (Å²) < 4.78 is 77.5. The first-order valence-electron chi connectivity index (χ1n) is 9.34. The van der Waals surface area contributed by atoms with Crippen molar-refractivity contribution in [3.8, 4) is 0 Å². The SMILES string of the molecule is OC[C@@H](O)CNc1nc(Nc2ccnc(C(F)(F)F)c2)nc(Nc2cccc(C(F)(F)F)n2)n1. The van der Waals surface area contributed by atoms with Crippen LogP contribution in [0.5, 0.6) is 0 Å². The van der Waals surface area contributed by atoms with Crippen LogP contribution in [0.3, 0.4) is 0 Å². The lowest BCUT2D eigenvalue weighted by Gasteiger charge is -2.13. The summed E-state index contributed by atoms with van der Waals surface area (Å²) >= 11 is 0. The van der Waals surface area contributed by atoms with Gasteiger partial charge in [0, 0.05) is 18.4 Å². The van der Waals surface area contributed by atoms with Crippen molar-refractivity contribution in [2.75, 3.05) is 29.1 Å². The van der Waals surface area contributed by atoms with E-state index >= 15 is 0 Å². The van der Waals surface area contributed by atoms with E-state index in [0.29, 0.717) is 6.07 Å². The number of nitrogens with one attached hydrogen (secondary N) is 3. The van der Waals surface area contributed by atoms with E-state index in [4.69, 9.17) is 5.11 Å². The Balaban J connectivity index is 1.91. The molecule has 16 heteroatoms. The highest BCUT2D eigenvalue weighted by Crippen LogP contribution is 2.30. The standard InChI is InChI=1S/C18H16F6N8O2/c19-17(20,21)11-2-1-3-13(28-11)29-16-31-14(26-7-10(34)8-33)30-15(32-16)27-9-4-5-25-12(6-9)18(22,23)24/h1-6,10,33-34H,7-8H2,(H3,25,26,27,28,29,30,31,32)/t10-/m0/s1. The van der Waals surface area contributed by atoms with Crippen molar-refractivity contribution in [3.05, 3.63) is 47.9 Å². The van der Waals surface area contributed by atoms with E-state index in [-0.39, 0.29) is 35.9 Å². The second kappa shape index (κ2) is 10.0. The van der Waals surface area contributed by atoms with Crippen LogP contribution in [-0.2, 0) is 12.4 Å². The number of aliphatic hydroxyl groups is 2. The van der Waals surface area contributed by atoms with Gasteiger partial charge in [-0.25, -0.2) is 4.98 Å². The highest BCUT2D eigenvalue weighted by Gasteiger charge is 2.33. The minimum atomic E-state index is -4.70. The summed E-state index contributed by atoms with van der Waals surface area (Å²) in [5, 5.41) is 26.0. The van der Waals surface area contributed by atoms with Gasteiger partial charge in [0.2, 0.25) is 17.8 Å². The number of anilines is 5. The highest BCUT2D eigenvalue weighted by molar-refractivity contribution is 5.58. The van der Waals surface area contributed by atoms with Gasteiger partial charge in [-0.1, -0.05) is 6.07 Å². The number of hydrogen-bond donors (Lipinski definition) is 5. The van der Waals surface area contributed by atoms with E-state index in [1.807, 2.05) is 0 Å². The van der Waals surface area contributed by atoms with Crippen LogP contribution in [0.25, 0.3) is 0 Å². The third-order valence-corrected chi connectivity index (χ3v) is 3.93. The predicted molar refractivity (Wildman–Crippen MR) is 106 cm³/mol. The Kier molecular flexibility index (Phi) is 7.31. The van der Waals surface area contributed by atoms with Crippen LogP contribution >= 0.6 is 0 Å². The molecule has 182 valence electrons. The zero-order chi connectivity index (χ0) is 24.9. The molecule has 34 heavy (non-hydrogen) atoms. The molecule has 0 unspecified atom stereocenters. The van der Waals surface area contributed by atoms with Crippen molar-refractivity contribution in [1.29, 1.82) is 0 Å². The lowest BCUT2D eigenvalue weighted by atomic mass is 10.3. The van der Waals surface area contributed by atoms with Gasteiger partial charge in [-0.15, -0.1) is 0 Å². The molecule has 1 atom stereocenters. The fourth-order valence-corrected chi connectivity index (χ4v) is 2.41. The van der Waals surface area contributed by atoms with Crippen molar-refractivity contribution < 1.29 is 36.6 Å². The van der Waals surface area contributed by atoms with E-state index in [9.17, 15) is 31.4 Å². The third kappa shape index (κ3) is 6.85. The summed E-state index contributed by atoms with van der Waals surface area (Å²) in [6.45, 7) is -0.797. The van der Waals surface area contributed by atoms with Gasteiger partial charge in [0.15, 0.2) is 0 Å². The normalized spacial score (nSPS) is 12.8. The van der Waals surface area contributed by atoms with Crippen LogP contribution in [0, 0.1) is 0 Å². The predicted octanol–water partition coefficient (Wildman–Crippen LogP) is 2.95. The molecule has 0 amide bonds. The molecule has 0 saturated heterocycles. The van der Waals surface area contributed by atoms with Gasteiger partial charge >= 0.3 is 12.4 Å². The molecule has 0 fully saturated rings. The first-order chi connectivity index (χ1) is 15.9. The fourth-order valence-electron chi connectivity index (χ4n) is 2.41. The van der Waals surface area contributed by atoms with Crippen LogP contribution in [0.15, 0.2) is 36.5 Å². The van der Waals surface area contributed by atoms with Crippen molar-refractivity contribution in [2.24, 2.45) is 0 Å². The van der Waals surface area contributed by atoms with Crippen molar-refractivity contribution in [2.45, 2.75) is 18.5 Å². The van der Waals surface area contributed by atoms with E-state index in [1.165, 1.54) is 12.1 Å². The molecular weight excluding hydrogens is 474 g/mol. The van der Waals surface area contributed by atoms with Crippen LogP contribution < -0.4 is 16.0 Å². The van der Waals surface area contributed by atoms with Crippen LogP contribution in [-0.4, -0.2) is 54.4 Å². The van der Waals surface area contributed by atoms with Gasteiger partial charge in [0.05, 0.1) is 12.7 Å². The molecule has 3 rings (SSSR count). The maximum absolute atomic E-state index is 12.9. The molecule has 0 aliphatic rings. The summed E-state index contributed by atoms with van der Waals surface area (Å²) in [5.41, 5.74) is -2.44. The number of rotatable bonds is 8. The molecule has 10 nitrogen and oxygen atoms in total. The molecular formula is C18H16F6N8O2. The molecule has 0 aromatic carbocycles. The lowest BCUT2D eigenvalue weighted by molar-refractivity contribution is -0.141. The van der Waals surface area contributed by atoms with E-state index in [0.717, 1.165) is 18.3 Å². The van der Waals surface area contributed by atoms with Crippen molar-refractivity contribution >= 4 is 29.4 Å². The molecule has 5 N–H and O–H groups in total. The first kappa shape index (κ1) is 24.8. The zero-order valence-corrected chi connectivity index (χ0v) is 16.9. The number of hydrogen-bond acceptors (Lipinski definition) is 10.